The van der Waals surface area contributed by atoms with E-state index in [0.29, 0.717) is 17.0 Å². The lowest BCUT2D eigenvalue weighted by Gasteiger charge is -2.12. The van der Waals surface area contributed by atoms with Crippen LogP contribution in [0.1, 0.15) is 23.7 Å². The van der Waals surface area contributed by atoms with Crippen molar-refractivity contribution in [2.75, 3.05) is 0 Å². The van der Waals surface area contributed by atoms with E-state index < -0.39 is 17.0 Å². The molecule has 1 aromatic heterocycles. The molecule has 0 amide bonds. The molecule has 0 radical (unpaired) electrons. The van der Waals surface area contributed by atoms with Crippen molar-refractivity contribution in [3.8, 4) is 5.69 Å². The molecule has 21 heavy (non-hydrogen) atoms. The molecule has 108 valence electrons. The van der Waals surface area contributed by atoms with Crippen LogP contribution in [0.25, 0.3) is 16.7 Å². The van der Waals surface area contributed by atoms with Crippen molar-refractivity contribution in [3.63, 3.8) is 0 Å². The van der Waals surface area contributed by atoms with E-state index in [9.17, 15) is 8.78 Å². The Morgan fingerprint density at radius 1 is 1.14 bits per heavy atom. The number of hydrogen-bond acceptors (Lipinski definition) is 1. The molecule has 1 unspecified atom stereocenters. The number of aromatic nitrogens is 2. The predicted molar refractivity (Wildman–Crippen MR) is 80.0 cm³/mol. The normalized spacial score (nSPS) is 12.8. The van der Waals surface area contributed by atoms with Gasteiger partial charge in [0, 0.05) is 0 Å². The van der Waals surface area contributed by atoms with Gasteiger partial charge in [0.1, 0.15) is 17.2 Å². The van der Waals surface area contributed by atoms with Crippen LogP contribution in [0.4, 0.5) is 8.78 Å². The number of hydrogen-bond donors (Lipinski definition) is 0. The molecule has 0 fully saturated rings. The van der Waals surface area contributed by atoms with Crippen LogP contribution in [0.15, 0.2) is 36.4 Å². The minimum absolute atomic E-state index is 0.194. The van der Waals surface area contributed by atoms with Crippen molar-refractivity contribution >= 4 is 22.6 Å². The zero-order valence-electron chi connectivity index (χ0n) is 11.6. The van der Waals surface area contributed by atoms with Crippen molar-refractivity contribution < 1.29 is 8.78 Å². The molecule has 0 N–H and O–H groups in total. The summed E-state index contributed by atoms with van der Waals surface area (Å²) in [5, 5.41) is -0.475. The van der Waals surface area contributed by atoms with Crippen LogP contribution in [0.3, 0.4) is 0 Å². The maximum atomic E-state index is 14.3. The number of benzene rings is 2. The van der Waals surface area contributed by atoms with Crippen LogP contribution >= 0.6 is 11.6 Å². The molecule has 0 spiro atoms. The maximum absolute atomic E-state index is 14.3. The largest absolute Gasteiger partial charge is 0.292 e. The molecule has 0 aliphatic rings. The SMILES string of the molecule is Cc1ccc(-n2c(C(C)Cl)nc3c(F)cccc32)c(F)c1. The van der Waals surface area contributed by atoms with Gasteiger partial charge < -0.3 is 0 Å². The Balaban J connectivity index is 2.39. The predicted octanol–water partition coefficient (Wildman–Crippen LogP) is 4.91. The highest BCUT2D eigenvalue weighted by molar-refractivity contribution is 6.20. The third-order valence-corrected chi connectivity index (χ3v) is 3.56. The lowest BCUT2D eigenvalue weighted by Crippen LogP contribution is -2.04. The molecule has 0 saturated carbocycles. The van der Waals surface area contributed by atoms with Gasteiger partial charge in [-0.05, 0) is 43.7 Å². The number of imidazole rings is 1. The van der Waals surface area contributed by atoms with Gasteiger partial charge in [-0.25, -0.2) is 13.8 Å². The number of alkyl halides is 1. The quantitative estimate of drug-likeness (QED) is 0.615. The van der Waals surface area contributed by atoms with Gasteiger partial charge in [-0.1, -0.05) is 12.1 Å². The summed E-state index contributed by atoms with van der Waals surface area (Å²) in [6.07, 6.45) is 0. The highest BCUT2D eigenvalue weighted by atomic mass is 35.5. The summed E-state index contributed by atoms with van der Waals surface area (Å²) in [5.74, 6) is -0.422. The summed E-state index contributed by atoms with van der Waals surface area (Å²) >= 11 is 6.14. The van der Waals surface area contributed by atoms with Crippen LogP contribution in [-0.4, -0.2) is 9.55 Å². The first kappa shape index (κ1) is 14.0. The number of nitrogens with zero attached hydrogens (tertiary/aromatic N) is 2. The van der Waals surface area contributed by atoms with Crippen molar-refractivity contribution in [3.05, 3.63) is 59.4 Å². The average Bonchev–Trinajstić information content (AvgIpc) is 2.80. The molecule has 2 aromatic carbocycles. The van der Waals surface area contributed by atoms with E-state index in [1.54, 1.807) is 35.8 Å². The molecule has 5 heteroatoms. The van der Waals surface area contributed by atoms with Crippen LogP contribution in [0.5, 0.6) is 0 Å². The molecule has 0 aliphatic carbocycles. The summed E-state index contributed by atoms with van der Waals surface area (Å²) < 4.78 is 29.8. The Morgan fingerprint density at radius 2 is 1.90 bits per heavy atom. The highest BCUT2D eigenvalue weighted by Crippen LogP contribution is 2.30. The standard InChI is InChI=1S/C16H13ClF2N2/c1-9-6-7-13(12(19)8-9)21-14-5-3-4-11(18)15(14)20-16(21)10(2)17/h3-8,10H,1-2H3. The van der Waals surface area contributed by atoms with Gasteiger partial charge >= 0.3 is 0 Å². The van der Waals surface area contributed by atoms with Gasteiger partial charge in [0.2, 0.25) is 0 Å². The lowest BCUT2D eigenvalue weighted by molar-refractivity contribution is 0.615. The maximum Gasteiger partial charge on any atom is 0.151 e. The molecular formula is C16H13ClF2N2. The first-order valence-electron chi connectivity index (χ1n) is 6.56. The van der Waals surface area contributed by atoms with Crippen molar-refractivity contribution in [1.29, 1.82) is 0 Å². The van der Waals surface area contributed by atoms with Gasteiger partial charge in [0.25, 0.3) is 0 Å². The van der Waals surface area contributed by atoms with Crippen molar-refractivity contribution in [1.82, 2.24) is 9.55 Å². The molecule has 3 aromatic rings. The van der Waals surface area contributed by atoms with Gasteiger partial charge in [-0.3, -0.25) is 4.57 Å². The van der Waals surface area contributed by atoms with Crippen LogP contribution in [-0.2, 0) is 0 Å². The Hall–Kier alpha value is -1.94. The Kier molecular flexibility index (Phi) is 3.41. The minimum Gasteiger partial charge on any atom is -0.292 e. The molecular weight excluding hydrogens is 294 g/mol. The smallest absolute Gasteiger partial charge is 0.151 e. The van der Waals surface area contributed by atoms with Crippen LogP contribution < -0.4 is 0 Å². The fourth-order valence-electron chi connectivity index (χ4n) is 2.40. The molecule has 3 rings (SSSR count). The first-order valence-corrected chi connectivity index (χ1v) is 7.00. The van der Waals surface area contributed by atoms with E-state index in [2.05, 4.69) is 4.98 Å². The van der Waals surface area contributed by atoms with Gasteiger partial charge in [0.05, 0.1) is 16.6 Å². The summed E-state index contributed by atoms with van der Waals surface area (Å²) in [6, 6.07) is 9.49. The fourth-order valence-corrected chi connectivity index (χ4v) is 2.54. The molecule has 0 saturated heterocycles. The fraction of sp³-hybridized carbons (Fsp3) is 0.188. The summed E-state index contributed by atoms with van der Waals surface area (Å²) in [6.45, 7) is 3.53. The first-order chi connectivity index (χ1) is 9.99. The summed E-state index contributed by atoms with van der Waals surface area (Å²) in [7, 11) is 0. The number of aryl methyl sites for hydroxylation is 1. The zero-order chi connectivity index (χ0) is 15.1. The second kappa shape index (κ2) is 5.11. The highest BCUT2D eigenvalue weighted by Gasteiger charge is 2.20. The molecule has 0 bridgehead atoms. The van der Waals surface area contributed by atoms with E-state index in [1.807, 2.05) is 6.92 Å². The summed E-state index contributed by atoms with van der Waals surface area (Å²) in [5.41, 5.74) is 1.82. The lowest BCUT2D eigenvalue weighted by atomic mass is 10.2. The number of fused-ring (bicyclic) bond motifs is 1. The van der Waals surface area contributed by atoms with Gasteiger partial charge in [0.15, 0.2) is 5.82 Å². The Morgan fingerprint density at radius 3 is 2.57 bits per heavy atom. The van der Waals surface area contributed by atoms with Crippen molar-refractivity contribution in [2.45, 2.75) is 19.2 Å². The summed E-state index contributed by atoms with van der Waals surface area (Å²) in [4.78, 5) is 4.24. The molecule has 2 nitrogen and oxygen atoms in total. The minimum atomic E-state index is -0.475. The van der Waals surface area contributed by atoms with E-state index in [4.69, 9.17) is 11.6 Å². The second-order valence-corrected chi connectivity index (χ2v) is 5.64. The third kappa shape index (κ3) is 2.29. The Labute approximate surface area is 126 Å². The van der Waals surface area contributed by atoms with E-state index in [1.165, 1.54) is 12.1 Å². The van der Waals surface area contributed by atoms with Crippen molar-refractivity contribution in [2.24, 2.45) is 0 Å². The number of para-hydroxylation sites is 1. The van der Waals surface area contributed by atoms with Crippen LogP contribution in [0.2, 0.25) is 0 Å². The second-order valence-electron chi connectivity index (χ2n) is 4.98. The van der Waals surface area contributed by atoms with Gasteiger partial charge in [-0.2, -0.15) is 0 Å². The molecule has 0 aliphatic heterocycles. The Bertz CT molecular complexity index is 825. The van der Waals surface area contributed by atoms with E-state index in [0.717, 1.165) is 5.56 Å². The van der Waals surface area contributed by atoms with Gasteiger partial charge in [-0.15, -0.1) is 11.6 Å². The van der Waals surface area contributed by atoms with E-state index in [-0.39, 0.29) is 5.52 Å². The van der Waals surface area contributed by atoms with Crippen LogP contribution in [0, 0.1) is 18.6 Å². The van der Waals surface area contributed by atoms with E-state index >= 15 is 0 Å². The molecule has 1 heterocycles. The number of rotatable bonds is 2. The topological polar surface area (TPSA) is 17.8 Å². The molecule has 1 atom stereocenters. The third-order valence-electron chi connectivity index (χ3n) is 3.36. The monoisotopic (exact) mass is 306 g/mol. The number of halogens is 3. The zero-order valence-corrected chi connectivity index (χ0v) is 12.3. The average molecular weight is 307 g/mol.